The highest BCUT2D eigenvalue weighted by Crippen LogP contribution is 2.66. The van der Waals surface area contributed by atoms with E-state index in [9.17, 15) is 28.8 Å². The average molecular weight is 733 g/mol. The van der Waals surface area contributed by atoms with E-state index in [4.69, 9.17) is 0 Å². The van der Waals surface area contributed by atoms with E-state index in [1.807, 2.05) is 48.5 Å². The number of carbonyl (C=O) groups is 6. The van der Waals surface area contributed by atoms with Crippen molar-refractivity contribution in [3.05, 3.63) is 24.3 Å². The van der Waals surface area contributed by atoms with Crippen molar-refractivity contribution in [2.24, 2.45) is 58.7 Å². The van der Waals surface area contributed by atoms with Gasteiger partial charge in [0.05, 0.1) is 12.2 Å². The van der Waals surface area contributed by atoms with Crippen LogP contribution in [0, 0.1) is 58.7 Å². The van der Waals surface area contributed by atoms with Gasteiger partial charge in [-0.2, -0.15) is 0 Å². The fourth-order valence-corrected chi connectivity index (χ4v) is 10.8. The summed E-state index contributed by atoms with van der Waals surface area (Å²) in [4.78, 5) is 93.0. The van der Waals surface area contributed by atoms with Crippen LogP contribution in [0.2, 0.25) is 0 Å². The maximum atomic E-state index is 14.7. The van der Waals surface area contributed by atoms with Gasteiger partial charge in [-0.1, -0.05) is 60.8 Å². The zero-order valence-electron chi connectivity index (χ0n) is 32.6. The van der Waals surface area contributed by atoms with Crippen molar-refractivity contribution in [1.82, 2.24) is 30.8 Å². The van der Waals surface area contributed by atoms with Crippen LogP contribution >= 0.6 is 0 Å². The second kappa shape index (κ2) is 15.6. The molecule has 4 saturated carbocycles. The molecule has 5 fully saturated rings. The van der Waals surface area contributed by atoms with Gasteiger partial charge in [0.15, 0.2) is 5.78 Å². The summed E-state index contributed by atoms with van der Waals surface area (Å²) in [6.45, 7) is 14.2. The van der Waals surface area contributed by atoms with Crippen molar-refractivity contribution in [2.45, 2.75) is 130 Å². The van der Waals surface area contributed by atoms with Gasteiger partial charge in [-0.05, 0) is 91.8 Å². The normalized spacial score (nSPS) is 30.1. The number of hydrogen-bond donors (Lipinski definition) is 3. The SMILES string of the molecule is CCC[C@@H](C(=O)C(=O)N[C@@H](C)C(C)C)C1C2CC[C@H]3CN(C(=O)[C@@H](NC(=O)[C@@H](NC(=O)c4cnccn4)C4CCCC4)C(C)(C)C)[C@@H]4C(=O)CC1C2[C@@H]34. The maximum Gasteiger partial charge on any atom is 0.287 e. The van der Waals surface area contributed by atoms with Crippen molar-refractivity contribution in [2.75, 3.05) is 6.54 Å². The van der Waals surface area contributed by atoms with Crippen molar-refractivity contribution < 1.29 is 28.8 Å². The monoisotopic (exact) mass is 732 g/mol. The Morgan fingerprint density at radius 2 is 1.64 bits per heavy atom. The molecule has 0 aromatic carbocycles. The predicted octanol–water partition coefficient (Wildman–Crippen LogP) is 4.13. The Hall–Kier alpha value is -3.70. The molecule has 3 N–H and O–H groups in total. The van der Waals surface area contributed by atoms with E-state index in [0.29, 0.717) is 19.4 Å². The van der Waals surface area contributed by atoms with Gasteiger partial charge in [0.2, 0.25) is 17.6 Å². The smallest absolute Gasteiger partial charge is 0.287 e. The number of ketones is 2. The second-order valence-corrected chi connectivity index (χ2v) is 18.2. The number of Topliss-reactive ketones (excluding diaryl/α,β-unsaturated/α-hetero) is 2. The molecule has 0 radical (unpaired) electrons. The summed E-state index contributed by atoms with van der Waals surface area (Å²) in [7, 11) is 0. The molecule has 5 aliphatic rings. The number of carbonyl (C=O) groups excluding carboxylic acids is 6. The van der Waals surface area contributed by atoms with Gasteiger partial charge in [-0.3, -0.25) is 33.8 Å². The van der Waals surface area contributed by atoms with Gasteiger partial charge in [0, 0.05) is 37.3 Å². The summed E-state index contributed by atoms with van der Waals surface area (Å²) in [5, 5.41) is 8.89. The number of likely N-dealkylation sites (tertiary alicyclic amines) is 1. The van der Waals surface area contributed by atoms with E-state index in [2.05, 4.69) is 25.9 Å². The van der Waals surface area contributed by atoms with E-state index in [-0.39, 0.29) is 76.6 Å². The van der Waals surface area contributed by atoms with Crippen LogP contribution < -0.4 is 16.0 Å². The summed E-state index contributed by atoms with van der Waals surface area (Å²) >= 11 is 0. The van der Waals surface area contributed by atoms with Crippen LogP contribution in [-0.4, -0.2) is 80.8 Å². The van der Waals surface area contributed by atoms with Gasteiger partial charge < -0.3 is 20.9 Å². The Bertz CT molecular complexity index is 1570. The minimum atomic E-state index is -0.916. The molecule has 4 amide bonds. The number of nitrogens with zero attached hydrogens (tertiary/aromatic N) is 3. The lowest BCUT2D eigenvalue weighted by Crippen LogP contribution is -2.66. The highest BCUT2D eigenvalue weighted by molar-refractivity contribution is 6.37. The fraction of sp³-hybridized carbons (Fsp3) is 0.756. The second-order valence-electron chi connectivity index (χ2n) is 18.2. The molecule has 1 saturated heterocycles. The van der Waals surface area contributed by atoms with Gasteiger partial charge in [0.1, 0.15) is 17.8 Å². The van der Waals surface area contributed by atoms with Gasteiger partial charge in [-0.25, -0.2) is 4.98 Å². The van der Waals surface area contributed by atoms with Crippen LogP contribution in [0.1, 0.15) is 117 Å². The van der Waals surface area contributed by atoms with Crippen molar-refractivity contribution >= 4 is 35.2 Å². The van der Waals surface area contributed by atoms with Crippen LogP contribution in [-0.2, 0) is 24.0 Å². The first-order valence-corrected chi connectivity index (χ1v) is 20.2. The van der Waals surface area contributed by atoms with E-state index in [1.54, 1.807) is 4.90 Å². The molecule has 290 valence electrons. The molecular formula is C41H60N6O6. The van der Waals surface area contributed by atoms with Gasteiger partial charge in [0.25, 0.3) is 11.8 Å². The molecule has 0 spiro atoms. The summed E-state index contributed by atoms with van der Waals surface area (Å²) < 4.78 is 0. The number of amides is 4. The zero-order valence-corrected chi connectivity index (χ0v) is 32.6. The molecule has 6 rings (SSSR count). The van der Waals surface area contributed by atoms with Crippen LogP contribution in [0.15, 0.2) is 18.6 Å². The lowest BCUT2D eigenvalue weighted by Gasteiger charge is -2.63. The number of nitrogens with one attached hydrogen (secondary N) is 3. The summed E-state index contributed by atoms with van der Waals surface area (Å²) in [5.74, 6) is -1.59. The predicted molar refractivity (Wildman–Crippen MR) is 198 cm³/mol. The molecule has 1 aromatic heterocycles. The molecule has 1 aliphatic heterocycles. The molecule has 12 heteroatoms. The quantitative estimate of drug-likeness (QED) is 0.255. The number of rotatable bonds is 13. The third-order valence-corrected chi connectivity index (χ3v) is 13.6. The number of hydrogen-bond acceptors (Lipinski definition) is 8. The Kier molecular flexibility index (Phi) is 11.5. The summed E-state index contributed by atoms with van der Waals surface area (Å²) in [6.07, 6.45) is 11.2. The molecule has 11 atom stereocenters. The molecule has 1 aromatic rings. The Morgan fingerprint density at radius 3 is 2.26 bits per heavy atom. The largest absolute Gasteiger partial charge is 0.347 e. The minimum absolute atomic E-state index is 0.00521. The van der Waals surface area contributed by atoms with Gasteiger partial charge in [-0.15, -0.1) is 0 Å². The minimum Gasteiger partial charge on any atom is -0.347 e. The first kappa shape index (κ1) is 39.0. The third kappa shape index (κ3) is 7.53. The van der Waals surface area contributed by atoms with Crippen LogP contribution in [0.5, 0.6) is 0 Å². The third-order valence-electron chi connectivity index (χ3n) is 13.6. The first-order valence-electron chi connectivity index (χ1n) is 20.2. The van der Waals surface area contributed by atoms with Crippen molar-refractivity contribution in [1.29, 1.82) is 0 Å². The number of aromatic nitrogens is 2. The summed E-state index contributed by atoms with van der Waals surface area (Å²) in [6, 6.07) is -2.43. The highest BCUT2D eigenvalue weighted by Gasteiger charge is 2.68. The Balaban J connectivity index is 1.19. The lowest BCUT2D eigenvalue weighted by atomic mass is 9.40. The standard InChI is InChI=1S/C41H60N6O6/c1-8-11-26(35(49)39(52)44-22(4)21(2)3)31-25-15-14-24-20-47(34-29(48)18-27(31)32(25)30(24)34)40(53)36(41(5,6)7)46-38(51)33(23-12-9-10-13-23)45-37(50)28-19-42-16-17-43-28/h16-17,19,21-27,30-34,36H,8-15,18,20H2,1-7H3,(H,44,52)(H,45,50)(H,46,51)/t22-,24-,25?,26+,27?,30+,31?,32?,33-,34+,36+/m0/s1. The fourth-order valence-electron chi connectivity index (χ4n) is 10.8. The molecule has 2 heterocycles. The zero-order chi connectivity index (χ0) is 38.4. The molecule has 12 nitrogen and oxygen atoms in total. The molecule has 4 unspecified atom stereocenters. The van der Waals surface area contributed by atoms with Crippen LogP contribution in [0.25, 0.3) is 0 Å². The van der Waals surface area contributed by atoms with Crippen molar-refractivity contribution in [3.63, 3.8) is 0 Å². The Morgan fingerprint density at radius 1 is 0.925 bits per heavy atom. The Labute approximate surface area is 314 Å². The molecular weight excluding hydrogens is 672 g/mol. The van der Waals surface area contributed by atoms with Crippen LogP contribution in [0.4, 0.5) is 0 Å². The molecule has 0 bridgehead atoms. The first-order chi connectivity index (χ1) is 25.1. The topological polar surface area (TPSA) is 168 Å². The van der Waals surface area contributed by atoms with Crippen molar-refractivity contribution in [3.8, 4) is 0 Å². The van der Waals surface area contributed by atoms with E-state index < -0.39 is 47.2 Å². The molecule has 4 aliphatic carbocycles. The highest BCUT2D eigenvalue weighted by atomic mass is 16.2. The lowest BCUT2D eigenvalue weighted by molar-refractivity contribution is -0.176. The van der Waals surface area contributed by atoms with Gasteiger partial charge >= 0.3 is 0 Å². The van der Waals surface area contributed by atoms with E-state index >= 15 is 0 Å². The van der Waals surface area contributed by atoms with Crippen LogP contribution in [0.3, 0.4) is 0 Å². The maximum absolute atomic E-state index is 14.7. The average Bonchev–Trinajstić information content (AvgIpc) is 3.78. The molecule has 53 heavy (non-hydrogen) atoms. The van der Waals surface area contributed by atoms with E-state index in [0.717, 1.165) is 44.9 Å². The summed E-state index contributed by atoms with van der Waals surface area (Å²) in [5.41, 5.74) is -0.562. The van der Waals surface area contributed by atoms with E-state index in [1.165, 1.54) is 18.6 Å².